The number of ether oxygens (including phenoxy) is 1. The smallest absolute Gasteiger partial charge is 0.141 e. The molecule has 0 bridgehead atoms. The summed E-state index contributed by atoms with van der Waals surface area (Å²) in [5.41, 5.74) is 1.73. The second-order valence-corrected chi connectivity index (χ2v) is 6.79. The van der Waals surface area contributed by atoms with Crippen molar-refractivity contribution in [1.29, 1.82) is 5.26 Å². The van der Waals surface area contributed by atoms with Crippen LogP contribution in [0.15, 0.2) is 53.4 Å². The molecule has 26 heavy (non-hydrogen) atoms. The molecular weight excluding hydrogens is 329 g/mol. The molecule has 2 heterocycles. The molecule has 0 aromatic heterocycles. The third-order valence-electron chi connectivity index (χ3n) is 5.07. The molecule has 4 rings (SSSR count). The Bertz CT molecular complexity index is 856. The molecule has 1 aromatic carbocycles. The van der Waals surface area contributed by atoms with Crippen LogP contribution in [0.2, 0.25) is 0 Å². The van der Waals surface area contributed by atoms with Gasteiger partial charge >= 0.3 is 0 Å². The average Bonchev–Trinajstić information content (AvgIpc) is 2.68. The number of aliphatic imine (C=N–C) groups is 1. The Kier molecular flexibility index (Phi) is 4.68. The molecule has 0 spiro atoms. The number of nitriles is 1. The van der Waals surface area contributed by atoms with Gasteiger partial charge in [0.15, 0.2) is 0 Å². The Morgan fingerprint density at radius 2 is 2.12 bits per heavy atom. The molecular formula is C21H20FN3O. The van der Waals surface area contributed by atoms with Gasteiger partial charge in [0.25, 0.3) is 0 Å². The van der Waals surface area contributed by atoms with E-state index >= 15 is 0 Å². The number of benzene rings is 1. The predicted octanol–water partition coefficient (Wildman–Crippen LogP) is 3.58. The molecule has 0 saturated carbocycles. The molecule has 2 atom stereocenters. The minimum absolute atomic E-state index is 0.0582. The number of allylic oxidation sites excluding steroid dienone is 5. The molecule has 132 valence electrons. The Hall–Kier alpha value is -2.71. The van der Waals surface area contributed by atoms with E-state index in [1.165, 1.54) is 12.1 Å². The van der Waals surface area contributed by atoms with E-state index in [4.69, 9.17) is 10.00 Å². The van der Waals surface area contributed by atoms with E-state index in [1.807, 2.05) is 24.4 Å². The summed E-state index contributed by atoms with van der Waals surface area (Å²) in [5, 5.41) is 12.3. The van der Waals surface area contributed by atoms with Crippen LogP contribution in [-0.4, -0.2) is 25.4 Å². The first-order chi connectivity index (χ1) is 12.7. The van der Waals surface area contributed by atoms with Crippen molar-refractivity contribution >= 4 is 11.8 Å². The predicted molar refractivity (Wildman–Crippen MR) is 98.8 cm³/mol. The fraction of sp³-hybridized carbons (Fsp3) is 0.333. The summed E-state index contributed by atoms with van der Waals surface area (Å²) in [6.07, 6.45) is 12.0. The standard InChI is InChI=1S/C21H20FN3O/c22-20-10-14(1-2-16(20)12-23)17-9-15-3-6-25-13-19(15)21(11-17)26-18-4-7-24-8-5-18/h1-3,6,9-11,13,15,18-19,24H,4-5,7-8H2. The van der Waals surface area contributed by atoms with Crippen molar-refractivity contribution in [3.63, 3.8) is 0 Å². The van der Waals surface area contributed by atoms with Crippen LogP contribution in [0.3, 0.4) is 0 Å². The van der Waals surface area contributed by atoms with E-state index in [0.717, 1.165) is 42.8 Å². The molecule has 3 aliphatic rings. The summed E-state index contributed by atoms with van der Waals surface area (Å²) in [6.45, 7) is 1.92. The SMILES string of the molecule is N#Cc1ccc(C2=CC3C=CN=CC3C(OC3CCNCC3)=C2)cc1F. The maximum Gasteiger partial charge on any atom is 0.141 e. The molecule has 1 fully saturated rings. The lowest BCUT2D eigenvalue weighted by Gasteiger charge is -2.32. The van der Waals surface area contributed by atoms with Crippen molar-refractivity contribution < 1.29 is 9.13 Å². The number of nitrogens with one attached hydrogen (secondary N) is 1. The molecule has 1 N–H and O–H groups in total. The average molecular weight is 349 g/mol. The molecule has 1 aliphatic carbocycles. The zero-order valence-electron chi connectivity index (χ0n) is 14.4. The lowest BCUT2D eigenvalue weighted by Crippen LogP contribution is -2.34. The summed E-state index contributed by atoms with van der Waals surface area (Å²) >= 11 is 0. The number of nitrogens with zero attached hydrogens (tertiary/aromatic N) is 2. The Morgan fingerprint density at radius 1 is 1.27 bits per heavy atom. The van der Waals surface area contributed by atoms with Crippen molar-refractivity contribution in [2.75, 3.05) is 13.1 Å². The van der Waals surface area contributed by atoms with Crippen molar-refractivity contribution in [1.82, 2.24) is 5.32 Å². The van der Waals surface area contributed by atoms with Gasteiger partial charge in [-0.15, -0.1) is 0 Å². The van der Waals surface area contributed by atoms with Gasteiger partial charge in [-0.05, 0) is 55.3 Å². The molecule has 0 amide bonds. The third-order valence-corrected chi connectivity index (χ3v) is 5.07. The summed E-state index contributed by atoms with van der Waals surface area (Å²) in [6, 6.07) is 6.59. The van der Waals surface area contributed by atoms with Crippen LogP contribution in [0.1, 0.15) is 24.0 Å². The fourth-order valence-electron chi connectivity index (χ4n) is 3.62. The second kappa shape index (κ2) is 7.27. The number of halogens is 1. The molecule has 0 radical (unpaired) electrons. The minimum atomic E-state index is -0.497. The number of rotatable bonds is 3. The Labute approximate surface area is 152 Å². The van der Waals surface area contributed by atoms with Crippen LogP contribution in [0.25, 0.3) is 5.57 Å². The Morgan fingerprint density at radius 3 is 2.88 bits per heavy atom. The first-order valence-corrected chi connectivity index (χ1v) is 8.95. The van der Waals surface area contributed by atoms with E-state index in [1.54, 1.807) is 12.3 Å². The van der Waals surface area contributed by atoms with Crippen LogP contribution in [0, 0.1) is 29.0 Å². The summed E-state index contributed by atoms with van der Waals surface area (Å²) < 4.78 is 20.4. The zero-order valence-corrected chi connectivity index (χ0v) is 14.4. The largest absolute Gasteiger partial charge is 0.494 e. The molecule has 5 heteroatoms. The van der Waals surface area contributed by atoms with Crippen molar-refractivity contribution in [2.45, 2.75) is 18.9 Å². The lowest BCUT2D eigenvalue weighted by atomic mass is 9.82. The topological polar surface area (TPSA) is 57.4 Å². The lowest BCUT2D eigenvalue weighted by molar-refractivity contribution is 0.0735. The van der Waals surface area contributed by atoms with E-state index in [9.17, 15) is 4.39 Å². The van der Waals surface area contributed by atoms with Crippen molar-refractivity contribution in [3.8, 4) is 6.07 Å². The van der Waals surface area contributed by atoms with Crippen LogP contribution in [0.4, 0.5) is 4.39 Å². The first-order valence-electron chi connectivity index (χ1n) is 8.95. The van der Waals surface area contributed by atoms with Gasteiger partial charge in [0.2, 0.25) is 0 Å². The fourth-order valence-corrected chi connectivity index (χ4v) is 3.62. The number of hydrogen-bond acceptors (Lipinski definition) is 4. The molecule has 2 unspecified atom stereocenters. The van der Waals surface area contributed by atoms with Crippen LogP contribution >= 0.6 is 0 Å². The van der Waals surface area contributed by atoms with E-state index in [2.05, 4.69) is 16.4 Å². The van der Waals surface area contributed by atoms with Crippen molar-refractivity contribution in [2.24, 2.45) is 16.8 Å². The molecule has 1 saturated heterocycles. The highest BCUT2D eigenvalue weighted by Gasteiger charge is 2.30. The van der Waals surface area contributed by atoms with Crippen molar-refractivity contribution in [3.05, 3.63) is 65.3 Å². The van der Waals surface area contributed by atoms with E-state index < -0.39 is 5.82 Å². The summed E-state index contributed by atoms with van der Waals surface area (Å²) in [4.78, 5) is 4.28. The van der Waals surface area contributed by atoms with Crippen LogP contribution in [-0.2, 0) is 4.74 Å². The maximum absolute atomic E-state index is 14.1. The third kappa shape index (κ3) is 3.33. The van der Waals surface area contributed by atoms with Gasteiger partial charge in [-0.1, -0.05) is 18.2 Å². The molecule has 2 aliphatic heterocycles. The highest BCUT2D eigenvalue weighted by atomic mass is 19.1. The number of hydrogen-bond donors (Lipinski definition) is 1. The quantitative estimate of drug-likeness (QED) is 0.907. The zero-order chi connectivity index (χ0) is 17.9. The van der Waals surface area contributed by atoms with Gasteiger partial charge in [0, 0.05) is 18.3 Å². The first kappa shape index (κ1) is 16.7. The normalized spacial score (nSPS) is 25.1. The van der Waals surface area contributed by atoms with E-state index in [-0.39, 0.29) is 23.5 Å². The second-order valence-electron chi connectivity index (χ2n) is 6.79. The summed E-state index contributed by atoms with van der Waals surface area (Å²) in [7, 11) is 0. The summed E-state index contributed by atoms with van der Waals surface area (Å²) in [5.74, 6) is 0.616. The maximum atomic E-state index is 14.1. The number of fused-ring (bicyclic) bond motifs is 1. The van der Waals surface area contributed by atoms with Gasteiger partial charge in [0.1, 0.15) is 23.7 Å². The van der Waals surface area contributed by atoms with Gasteiger partial charge in [-0.2, -0.15) is 5.26 Å². The van der Waals surface area contributed by atoms with Crippen LogP contribution in [0.5, 0.6) is 0 Å². The molecule has 1 aromatic rings. The van der Waals surface area contributed by atoms with Gasteiger partial charge in [-0.3, -0.25) is 4.99 Å². The van der Waals surface area contributed by atoms with Gasteiger partial charge in [0.05, 0.1) is 11.5 Å². The van der Waals surface area contributed by atoms with Crippen LogP contribution < -0.4 is 5.32 Å². The van der Waals surface area contributed by atoms with Gasteiger partial charge in [-0.25, -0.2) is 4.39 Å². The number of piperidine rings is 1. The monoisotopic (exact) mass is 349 g/mol. The highest BCUT2D eigenvalue weighted by Crippen LogP contribution is 2.36. The van der Waals surface area contributed by atoms with E-state index in [0.29, 0.717) is 0 Å². The van der Waals surface area contributed by atoms with Gasteiger partial charge < -0.3 is 10.1 Å². The highest BCUT2D eigenvalue weighted by molar-refractivity contribution is 5.80. The minimum Gasteiger partial charge on any atom is -0.494 e. The Balaban J connectivity index is 1.66. The molecule has 4 nitrogen and oxygen atoms in total.